The van der Waals surface area contributed by atoms with E-state index in [1.165, 1.54) is 0 Å². The first-order valence-electron chi connectivity index (χ1n) is 8.11. The lowest BCUT2D eigenvalue weighted by Gasteiger charge is -2.25. The molecule has 6 nitrogen and oxygen atoms in total. The van der Waals surface area contributed by atoms with Crippen molar-refractivity contribution in [3.05, 3.63) is 35.9 Å². The van der Waals surface area contributed by atoms with Gasteiger partial charge in [0.2, 0.25) is 0 Å². The molecule has 1 unspecified atom stereocenters. The molecular weight excluding hydrogens is 308 g/mol. The van der Waals surface area contributed by atoms with Gasteiger partial charge < -0.3 is 20.1 Å². The van der Waals surface area contributed by atoms with Gasteiger partial charge in [0.15, 0.2) is 0 Å². The monoisotopic (exact) mass is 336 g/mol. The Labute approximate surface area is 143 Å². The van der Waals surface area contributed by atoms with Gasteiger partial charge >= 0.3 is 12.2 Å². The van der Waals surface area contributed by atoms with Gasteiger partial charge in [0.05, 0.1) is 6.04 Å². The third-order valence-electron chi connectivity index (χ3n) is 3.19. The molecule has 0 bridgehead atoms. The molecule has 1 aromatic carbocycles. The molecule has 0 saturated carbocycles. The molecule has 2 N–H and O–H groups in total. The van der Waals surface area contributed by atoms with E-state index in [-0.39, 0.29) is 25.1 Å². The van der Waals surface area contributed by atoms with Crippen LogP contribution in [0.2, 0.25) is 0 Å². The summed E-state index contributed by atoms with van der Waals surface area (Å²) in [6.07, 6.45) is -1.02. The van der Waals surface area contributed by atoms with Crippen molar-refractivity contribution in [2.75, 3.05) is 6.54 Å². The second-order valence-corrected chi connectivity index (χ2v) is 6.94. The van der Waals surface area contributed by atoms with Crippen molar-refractivity contribution in [2.45, 2.75) is 52.9 Å². The van der Waals surface area contributed by atoms with Gasteiger partial charge in [0, 0.05) is 6.54 Å². The zero-order chi connectivity index (χ0) is 18.2. The maximum Gasteiger partial charge on any atom is 0.407 e. The number of amides is 2. The van der Waals surface area contributed by atoms with Gasteiger partial charge in [-0.15, -0.1) is 0 Å². The minimum atomic E-state index is -0.562. The minimum absolute atomic E-state index is 0.131. The van der Waals surface area contributed by atoms with Gasteiger partial charge in [-0.2, -0.15) is 0 Å². The van der Waals surface area contributed by atoms with Crippen LogP contribution in [-0.2, 0) is 16.1 Å². The van der Waals surface area contributed by atoms with Crippen molar-refractivity contribution in [3.63, 3.8) is 0 Å². The molecule has 1 aromatic rings. The highest BCUT2D eigenvalue weighted by Gasteiger charge is 2.22. The molecule has 6 heteroatoms. The van der Waals surface area contributed by atoms with Crippen LogP contribution in [0.15, 0.2) is 30.3 Å². The number of ether oxygens (including phenoxy) is 2. The Morgan fingerprint density at radius 2 is 1.71 bits per heavy atom. The number of hydrogen-bond donors (Lipinski definition) is 2. The quantitative estimate of drug-likeness (QED) is 0.834. The van der Waals surface area contributed by atoms with Gasteiger partial charge in [-0.3, -0.25) is 0 Å². The van der Waals surface area contributed by atoms with Crippen LogP contribution in [0.5, 0.6) is 0 Å². The van der Waals surface area contributed by atoms with Crippen LogP contribution < -0.4 is 10.6 Å². The summed E-state index contributed by atoms with van der Waals surface area (Å²) in [6.45, 7) is 9.80. The number of benzene rings is 1. The van der Waals surface area contributed by atoms with Crippen LogP contribution >= 0.6 is 0 Å². The van der Waals surface area contributed by atoms with Crippen molar-refractivity contribution in [1.29, 1.82) is 0 Å². The van der Waals surface area contributed by atoms with Crippen LogP contribution in [0, 0.1) is 5.92 Å². The van der Waals surface area contributed by atoms with Crippen LogP contribution in [0.4, 0.5) is 9.59 Å². The molecule has 0 aliphatic rings. The molecule has 0 fully saturated rings. The summed E-state index contributed by atoms with van der Waals surface area (Å²) < 4.78 is 10.4. The molecule has 0 aliphatic carbocycles. The largest absolute Gasteiger partial charge is 0.445 e. The normalized spacial score (nSPS) is 12.4. The number of nitrogens with one attached hydrogen (secondary N) is 2. The summed E-state index contributed by atoms with van der Waals surface area (Å²) in [5, 5.41) is 5.44. The van der Waals surface area contributed by atoms with E-state index in [1.807, 2.05) is 44.2 Å². The lowest BCUT2D eigenvalue weighted by Crippen LogP contribution is -2.48. The summed E-state index contributed by atoms with van der Waals surface area (Å²) in [5.41, 5.74) is 0.355. The standard InChI is InChI=1S/C18H28N2O4/c1-13(2)15(20-17(22)24-18(3,4)5)11-19-16(21)23-12-14-9-7-6-8-10-14/h6-10,13,15H,11-12H2,1-5H3,(H,19,21)(H,20,22). The van der Waals surface area contributed by atoms with Crippen molar-refractivity contribution >= 4 is 12.2 Å². The minimum Gasteiger partial charge on any atom is -0.445 e. The Balaban J connectivity index is 2.39. The van der Waals surface area contributed by atoms with Crippen LogP contribution in [0.25, 0.3) is 0 Å². The van der Waals surface area contributed by atoms with Gasteiger partial charge in [0.25, 0.3) is 0 Å². The summed E-state index contributed by atoms with van der Waals surface area (Å²) in [5.74, 6) is 0.131. The fourth-order valence-corrected chi connectivity index (χ4v) is 1.88. The smallest absolute Gasteiger partial charge is 0.407 e. The first kappa shape index (κ1) is 19.8. The van der Waals surface area contributed by atoms with E-state index in [1.54, 1.807) is 20.8 Å². The Hall–Kier alpha value is -2.24. The van der Waals surface area contributed by atoms with E-state index in [2.05, 4.69) is 10.6 Å². The van der Waals surface area contributed by atoms with E-state index in [0.29, 0.717) is 0 Å². The Bertz CT molecular complexity index is 524. The average molecular weight is 336 g/mol. The third kappa shape index (κ3) is 8.41. The molecule has 0 heterocycles. The van der Waals surface area contributed by atoms with E-state index < -0.39 is 17.8 Å². The highest BCUT2D eigenvalue weighted by molar-refractivity contribution is 5.69. The zero-order valence-corrected chi connectivity index (χ0v) is 15.1. The molecule has 0 aliphatic heterocycles. The molecule has 1 rings (SSSR count). The van der Waals surface area contributed by atoms with Crippen molar-refractivity contribution in [1.82, 2.24) is 10.6 Å². The molecule has 2 amide bonds. The number of alkyl carbamates (subject to hydrolysis) is 2. The van der Waals surface area contributed by atoms with Gasteiger partial charge in [-0.25, -0.2) is 9.59 Å². The number of carbonyl (C=O) groups is 2. The number of carbonyl (C=O) groups excluding carboxylic acids is 2. The summed E-state index contributed by atoms with van der Waals surface area (Å²) in [4.78, 5) is 23.6. The molecule has 0 radical (unpaired) electrons. The summed E-state index contributed by atoms with van der Waals surface area (Å²) in [7, 11) is 0. The molecule has 134 valence electrons. The summed E-state index contributed by atoms with van der Waals surface area (Å²) >= 11 is 0. The maximum atomic E-state index is 11.9. The third-order valence-corrected chi connectivity index (χ3v) is 3.19. The topological polar surface area (TPSA) is 76.7 Å². The van der Waals surface area contributed by atoms with E-state index in [0.717, 1.165) is 5.56 Å². The lowest BCUT2D eigenvalue weighted by atomic mass is 10.1. The van der Waals surface area contributed by atoms with E-state index in [4.69, 9.17) is 9.47 Å². The fourth-order valence-electron chi connectivity index (χ4n) is 1.88. The Morgan fingerprint density at radius 1 is 1.08 bits per heavy atom. The second-order valence-electron chi connectivity index (χ2n) is 6.94. The van der Waals surface area contributed by atoms with Crippen LogP contribution in [-0.4, -0.2) is 30.4 Å². The molecule has 0 saturated heterocycles. The molecule has 0 aromatic heterocycles. The highest BCUT2D eigenvalue weighted by Crippen LogP contribution is 2.08. The predicted molar refractivity (Wildman–Crippen MR) is 92.6 cm³/mol. The molecular formula is C18H28N2O4. The first-order chi connectivity index (χ1) is 11.2. The van der Waals surface area contributed by atoms with Crippen molar-refractivity contribution in [2.24, 2.45) is 5.92 Å². The molecule has 1 atom stereocenters. The van der Waals surface area contributed by atoms with Crippen LogP contribution in [0.1, 0.15) is 40.2 Å². The van der Waals surface area contributed by atoms with Crippen molar-refractivity contribution < 1.29 is 19.1 Å². The Kier molecular flexibility index (Phi) is 7.55. The number of hydrogen-bond acceptors (Lipinski definition) is 4. The molecule has 0 spiro atoms. The predicted octanol–water partition coefficient (Wildman–Crippen LogP) is 3.46. The highest BCUT2D eigenvalue weighted by atomic mass is 16.6. The molecule has 24 heavy (non-hydrogen) atoms. The van der Waals surface area contributed by atoms with Gasteiger partial charge in [-0.05, 0) is 32.3 Å². The lowest BCUT2D eigenvalue weighted by molar-refractivity contribution is 0.0488. The van der Waals surface area contributed by atoms with E-state index >= 15 is 0 Å². The second kappa shape index (κ2) is 9.15. The van der Waals surface area contributed by atoms with Crippen molar-refractivity contribution in [3.8, 4) is 0 Å². The zero-order valence-electron chi connectivity index (χ0n) is 15.1. The first-order valence-corrected chi connectivity index (χ1v) is 8.11. The maximum absolute atomic E-state index is 11.9. The van der Waals surface area contributed by atoms with Gasteiger partial charge in [0.1, 0.15) is 12.2 Å². The fraction of sp³-hybridized carbons (Fsp3) is 0.556. The summed E-state index contributed by atoms with van der Waals surface area (Å²) in [6, 6.07) is 9.19. The van der Waals surface area contributed by atoms with E-state index in [9.17, 15) is 9.59 Å². The Morgan fingerprint density at radius 3 is 2.25 bits per heavy atom. The number of rotatable bonds is 6. The van der Waals surface area contributed by atoms with Crippen LogP contribution in [0.3, 0.4) is 0 Å². The SMILES string of the molecule is CC(C)C(CNC(=O)OCc1ccccc1)NC(=O)OC(C)(C)C. The average Bonchev–Trinajstić information content (AvgIpc) is 2.48. The van der Waals surface area contributed by atoms with Gasteiger partial charge in [-0.1, -0.05) is 44.2 Å².